The predicted octanol–water partition coefficient (Wildman–Crippen LogP) is -24.2. The molecule has 62 heteroatoms. The monoisotopic (exact) mass is 2020 g/mol. The molecule has 0 radical (unpaired) electrons. The number of carboxylic acids is 1. The van der Waals surface area contributed by atoms with E-state index in [0.29, 0.717) is 0 Å². The molecule has 138 heavy (non-hydrogen) atoms. The molecule has 0 aromatic heterocycles. The SMILES string of the molecule is CC(=O)N[C@@H]1[C@@H](O)[C@H](O[C@@H]2O[C@H](CO)[C@@H](O[C@@H]3O[C@H](CO[C@H]4O[C@H](CO)[C@@H](O)[C@H](O)[C@@H]4O[C@@H]4O[C@H](CO)[C@@H](O[C@@H]5O[C@H](CO)[C@H](O)[C@H](O)[C@H]5O)[C@H](O)[C@H]4NC(C)=O)[C@@H](O)[C@H](O[C@H]4O[C@H](CO)[C@@H](O[C@@H]5O[C@H](CO)[C@@H](O)[C@H](O)[C@H]5NC(C)=O)[C@H](O)[C@@H]4O[C@@H]4O[C@H](CO)[C@@H](O[C@@H]5O[C@H](CO)[C@H](O)[C@H](O[C@@H]6O[C@H](C(=O)O)[C@@H](O)[C@H](O)[C@H]6O)[C@H]5O)[C@H](O)[C@H]4NC(C)=O)[C@@H]3O)[C@H](O)[C@H]2NC(C)=O)[C@@H](CO)O[C@H]1O. The van der Waals surface area contributed by atoms with Crippen LogP contribution in [-0.2, 0) is 128 Å². The summed E-state index contributed by atoms with van der Waals surface area (Å²) in [5.41, 5.74) is 0. The Bertz CT molecular complexity index is 3880. The zero-order valence-corrected chi connectivity index (χ0v) is 73.8. The maximum Gasteiger partial charge on any atom is 0.335 e. The molecule has 11 heterocycles. The highest BCUT2D eigenvalue weighted by molar-refractivity contribution is 5.75. The zero-order chi connectivity index (χ0) is 102. The molecule has 11 fully saturated rings. The fourth-order valence-corrected chi connectivity index (χ4v) is 17.8. The molecule has 35 N–H and O–H groups in total. The van der Waals surface area contributed by atoms with Gasteiger partial charge in [-0.25, -0.2) is 4.79 Å². The van der Waals surface area contributed by atoms with Gasteiger partial charge in [-0.1, -0.05) is 0 Å². The molecule has 0 aromatic rings. The Morgan fingerprint density at radius 1 is 0.210 bits per heavy atom. The van der Waals surface area contributed by atoms with Gasteiger partial charge in [0.05, 0.1) is 66.1 Å². The molecule has 0 aliphatic carbocycles. The van der Waals surface area contributed by atoms with Crippen molar-refractivity contribution < 1.29 is 281 Å². The first-order valence-corrected chi connectivity index (χ1v) is 43.6. The van der Waals surface area contributed by atoms with E-state index in [2.05, 4.69) is 26.6 Å². The number of amides is 5. The Morgan fingerprint density at radius 2 is 0.457 bits per heavy atom. The van der Waals surface area contributed by atoms with Crippen LogP contribution in [-0.4, -0.2) is 592 Å². The second-order valence-corrected chi connectivity index (χ2v) is 34.6. The van der Waals surface area contributed by atoms with Gasteiger partial charge in [-0.05, 0) is 0 Å². The van der Waals surface area contributed by atoms with E-state index >= 15 is 0 Å². The number of nitrogens with one attached hydrogen (secondary N) is 5. The van der Waals surface area contributed by atoms with Crippen molar-refractivity contribution >= 4 is 35.5 Å². The highest BCUT2D eigenvalue weighted by Crippen LogP contribution is 2.43. The van der Waals surface area contributed by atoms with Crippen molar-refractivity contribution in [3.8, 4) is 0 Å². The zero-order valence-electron chi connectivity index (χ0n) is 73.8. The molecular formula is C76H125N5O57. The fourth-order valence-electron chi connectivity index (χ4n) is 17.8. The normalized spacial score (nSPS) is 48.6. The first kappa shape index (κ1) is 113. The molecule has 11 rings (SSSR count). The molecule has 0 bridgehead atoms. The third-order valence-electron chi connectivity index (χ3n) is 25.0. The second-order valence-electron chi connectivity index (χ2n) is 34.6. The standard InChI is InChI=1S/C76H125N5O57/c1-16(91)77-31-42(102)55(25(10-86)119-66(31)117)129-68-33(79-18(3)93)43(103)58(27(12-88)124-68)133-74-54(114)61(40(100)30(128-74)15-118-75-63(48(108)38(98)23(8-84)123-75)137-69-34(80-19(4)94)44(104)56(26(11-87)125-69)131-71-50(110)46(106)37(97)22(7-83)121-71)135-76-64(52(112)59(29(14-90)127-76)130-67-32(78-17(2)92)41(101)36(96)21(6-82)120-67)138-70-35(81-20(5)95)45(105)57(28(13-89)126-70)132-73-53(113)60(39(99)24(9-85)122-73)134-72-51(111)47(107)49(109)62(136-72)65(115)116/h21-64,66-76,82-90,96-114,117H,6-15H2,1-5H3,(H,77,91)(H,78,92)(H,79,93)(H,80,94)(H,81,95)(H,115,116)/t21-,22-,23-,24-,25-,26-,27-,28-,29-,30-,31-,32-,33-,34-,35-,36-,37+,38-,39+,40-,41-,42-,43-,44-,45-,46+,47+,48+,49+,50-,51-,52+,53-,54+,55-,56-,57-,58-,59-,60+,61+,62+,63+,64+,66-,67+,68+,69+,70+,71+,72-,73+,74+,75+,76-/m1/s1. The summed E-state index contributed by atoms with van der Waals surface area (Å²) in [5, 5.41) is 350. The van der Waals surface area contributed by atoms with E-state index in [9.17, 15) is 182 Å². The number of ether oxygens (including phenoxy) is 21. The van der Waals surface area contributed by atoms with E-state index < -0.39 is 439 Å². The highest BCUT2D eigenvalue weighted by atomic mass is 16.8. The number of carbonyl (C=O) groups excluding carboxylic acids is 5. The summed E-state index contributed by atoms with van der Waals surface area (Å²) in [4.78, 5) is 76.9. The molecule has 11 aliphatic heterocycles. The van der Waals surface area contributed by atoms with E-state index in [1.807, 2.05) is 0 Å². The predicted molar refractivity (Wildman–Crippen MR) is 421 cm³/mol. The number of carbonyl (C=O) groups is 6. The Morgan fingerprint density at radius 3 is 0.841 bits per heavy atom. The maximum absolute atomic E-state index is 13.5. The van der Waals surface area contributed by atoms with Crippen molar-refractivity contribution in [2.75, 3.05) is 66.1 Å². The van der Waals surface area contributed by atoms with Crippen LogP contribution >= 0.6 is 0 Å². The average molecular weight is 2020 g/mol. The van der Waals surface area contributed by atoms with Crippen molar-refractivity contribution in [1.82, 2.24) is 26.6 Å². The Labute approximate surface area is 779 Å². The summed E-state index contributed by atoms with van der Waals surface area (Å²) in [6.45, 7) is -7.54. The molecular weight excluding hydrogens is 1890 g/mol. The quantitative estimate of drug-likeness (QED) is 0.0277. The molecule has 5 amide bonds. The van der Waals surface area contributed by atoms with E-state index in [1.54, 1.807) is 0 Å². The van der Waals surface area contributed by atoms with Crippen LogP contribution in [0.4, 0.5) is 0 Å². The lowest BCUT2D eigenvalue weighted by Crippen LogP contribution is -2.71. The third kappa shape index (κ3) is 24.9. The Balaban J connectivity index is 0.971. The van der Waals surface area contributed by atoms with Gasteiger partial charge < -0.3 is 279 Å². The van der Waals surface area contributed by atoms with Crippen molar-refractivity contribution in [2.24, 2.45) is 0 Å². The Kier molecular flexibility index (Phi) is 40.5. The number of rotatable bonds is 36. The molecule has 55 atom stereocenters. The van der Waals surface area contributed by atoms with E-state index in [1.165, 1.54) is 0 Å². The van der Waals surface area contributed by atoms with E-state index in [0.717, 1.165) is 34.6 Å². The number of aliphatic carboxylic acids is 1. The van der Waals surface area contributed by atoms with Gasteiger partial charge in [0.25, 0.3) is 0 Å². The number of hydrogen-bond acceptors (Lipinski definition) is 56. The van der Waals surface area contributed by atoms with Crippen LogP contribution in [0.3, 0.4) is 0 Å². The van der Waals surface area contributed by atoms with Gasteiger partial charge >= 0.3 is 5.97 Å². The van der Waals surface area contributed by atoms with Crippen molar-refractivity contribution in [3.05, 3.63) is 0 Å². The van der Waals surface area contributed by atoms with Gasteiger partial charge in [-0.15, -0.1) is 0 Å². The van der Waals surface area contributed by atoms with Crippen molar-refractivity contribution in [2.45, 2.75) is 372 Å². The highest BCUT2D eigenvalue weighted by Gasteiger charge is 2.64. The third-order valence-corrected chi connectivity index (χ3v) is 25.0. The molecule has 0 aromatic carbocycles. The van der Waals surface area contributed by atoms with Gasteiger partial charge in [0.15, 0.2) is 75.3 Å². The number of aliphatic hydroxyl groups excluding tert-OH is 29. The summed E-state index contributed by atoms with van der Waals surface area (Å²) < 4.78 is 125. The smallest absolute Gasteiger partial charge is 0.335 e. The molecule has 62 nitrogen and oxygen atoms in total. The molecule has 0 saturated carbocycles. The van der Waals surface area contributed by atoms with Crippen LogP contribution in [0.2, 0.25) is 0 Å². The van der Waals surface area contributed by atoms with Crippen LogP contribution in [0.5, 0.6) is 0 Å². The summed E-state index contributed by atoms with van der Waals surface area (Å²) >= 11 is 0. The fraction of sp³-hybridized carbons (Fsp3) is 0.921. The largest absolute Gasteiger partial charge is 0.479 e. The van der Waals surface area contributed by atoms with Crippen LogP contribution in [0.1, 0.15) is 34.6 Å². The van der Waals surface area contributed by atoms with Gasteiger partial charge in [0, 0.05) is 34.6 Å². The van der Waals surface area contributed by atoms with Crippen LogP contribution < -0.4 is 26.6 Å². The number of carboxylic acid groups (broad SMARTS) is 1. The van der Waals surface area contributed by atoms with Crippen LogP contribution in [0.25, 0.3) is 0 Å². The molecule has 11 saturated heterocycles. The van der Waals surface area contributed by atoms with Crippen molar-refractivity contribution in [1.29, 1.82) is 0 Å². The van der Waals surface area contributed by atoms with Crippen LogP contribution in [0.15, 0.2) is 0 Å². The maximum atomic E-state index is 13.5. The van der Waals surface area contributed by atoms with Gasteiger partial charge in [-0.3, -0.25) is 24.0 Å². The molecule has 796 valence electrons. The minimum absolute atomic E-state index is 0.834. The minimum Gasteiger partial charge on any atom is -0.479 e. The van der Waals surface area contributed by atoms with Gasteiger partial charge in [0.2, 0.25) is 29.5 Å². The van der Waals surface area contributed by atoms with Gasteiger partial charge in [0.1, 0.15) is 262 Å². The first-order chi connectivity index (χ1) is 65.2. The van der Waals surface area contributed by atoms with E-state index in [4.69, 9.17) is 99.5 Å². The molecule has 0 spiro atoms. The number of hydrogen-bond donors (Lipinski definition) is 35. The average Bonchev–Trinajstić information content (AvgIpc) is 0.749. The van der Waals surface area contributed by atoms with E-state index in [-0.39, 0.29) is 0 Å². The van der Waals surface area contributed by atoms with Crippen molar-refractivity contribution in [3.63, 3.8) is 0 Å². The molecule has 0 unspecified atom stereocenters. The van der Waals surface area contributed by atoms with Crippen LogP contribution in [0, 0.1) is 0 Å². The lowest BCUT2D eigenvalue weighted by Gasteiger charge is -2.52. The first-order valence-electron chi connectivity index (χ1n) is 43.6. The Hall–Kier alpha value is -5.18. The summed E-state index contributed by atoms with van der Waals surface area (Å²) in [7, 11) is 0. The summed E-state index contributed by atoms with van der Waals surface area (Å²) in [6, 6.07) is -9.87. The summed E-state index contributed by atoms with van der Waals surface area (Å²) in [6.07, 6.45) is -112. The lowest BCUT2D eigenvalue weighted by atomic mass is 9.93. The lowest BCUT2D eigenvalue weighted by molar-refractivity contribution is -0.406. The topological polar surface area (TPSA) is 963 Å². The minimum atomic E-state index is -2.76. The number of aliphatic hydroxyl groups is 29. The summed E-state index contributed by atoms with van der Waals surface area (Å²) in [5.74, 6) is -6.80. The van der Waals surface area contributed by atoms with Gasteiger partial charge in [-0.2, -0.15) is 0 Å². The second kappa shape index (κ2) is 49.3. The molecule has 11 aliphatic rings.